The van der Waals surface area contributed by atoms with E-state index in [0.29, 0.717) is 11.5 Å². The Labute approximate surface area is 116 Å². The Bertz CT molecular complexity index is 799. The number of imidazole rings is 1. The maximum Gasteiger partial charge on any atom is 0.261 e. The topological polar surface area (TPSA) is 64.7 Å². The third-order valence-electron chi connectivity index (χ3n) is 3.49. The van der Waals surface area contributed by atoms with Crippen LogP contribution in [-0.4, -0.2) is 25.2 Å². The molecule has 2 heterocycles. The Morgan fingerprint density at radius 2 is 2.00 bits per heavy atom. The molecule has 0 unspecified atom stereocenters. The second-order valence-corrected chi connectivity index (χ2v) is 4.70. The number of carbonyl (C=O) groups is 1. The highest BCUT2D eigenvalue weighted by atomic mass is 16.1. The fourth-order valence-corrected chi connectivity index (χ4v) is 2.15. The van der Waals surface area contributed by atoms with E-state index in [0.717, 1.165) is 16.7 Å². The molecule has 0 saturated carbocycles. The van der Waals surface area contributed by atoms with Gasteiger partial charge in [-0.3, -0.25) is 14.8 Å². The molecule has 0 bridgehead atoms. The average Bonchev–Trinajstić information content (AvgIpc) is 2.93. The summed E-state index contributed by atoms with van der Waals surface area (Å²) in [4.78, 5) is 16.7. The maximum atomic E-state index is 12.3. The van der Waals surface area contributed by atoms with E-state index in [4.69, 9.17) is 0 Å². The first kappa shape index (κ1) is 12.4. The molecule has 0 aliphatic heterocycles. The molecule has 0 spiro atoms. The molecule has 0 aliphatic carbocycles. The number of aromatic nitrogens is 4. The van der Waals surface area contributed by atoms with Crippen LogP contribution in [0.1, 0.15) is 16.1 Å². The first-order chi connectivity index (χ1) is 9.58. The van der Waals surface area contributed by atoms with Crippen molar-refractivity contribution in [2.45, 2.75) is 6.92 Å². The maximum absolute atomic E-state index is 12.3. The quantitative estimate of drug-likeness (QED) is 0.772. The van der Waals surface area contributed by atoms with Crippen LogP contribution in [0.4, 0.5) is 5.95 Å². The summed E-state index contributed by atoms with van der Waals surface area (Å²) >= 11 is 0. The van der Waals surface area contributed by atoms with Crippen LogP contribution in [0.2, 0.25) is 0 Å². The van der Waals surface area contributed by atoms with Crippen molar-refractivity contribution in [2.24, 2.45) is 14.1 Å². The zero-order valence-electron chi connectivity index (χ0n) is 11.6. The highest BCUT2D eigenvalue weighted by Gasteiger charge is 2.16. The lowest BCUT2D eigenvalue weighted by molar-refractivity contribution is 0.102. The number of nitrogens with zero attached hydrogens (tertiary/aromatic N) is 4. The molecule has 0 aliphatic rings. The lowest BCUT2D eigenvalue weighted by Crippen LogP contribution is -2.15. The Balaban J connectivity index is 1.95. The fourth-order valence-electron chi connectivity index (χ4n) is 2.15. The molecule has 1 N–H and O–H groups in total. The Hall–Kier alpha value is -2.63. The molecule has 0 fully saturated rings. The van der Waals surface area contributed by atoms with Gasteiger partial charge in [-0.25, -0.2) is 4.98 Å². The van der Waals surface area contributed by atoms with Gasteiger partial charge in [-0.2, -0.15) is 5.10 Å². The summed E-state index contributed by atoms with van der Waals surface area (Å²) < 4.78 is 3.53. The number of hydrogen-bond acceptors (Lipinski definition) is 3. The normalized spacial score (nSPS) is 10.9. The summed E-state index contributed by atoms with van der Waals surface area (Å²) in [6.45, 7) is 1.86. The molecule has 1 amide bonds. The van der Waals surface area contributed by atoms with Crippen LogP contribution in [0.15, 0.2) is 30.5 Å². The Morgan fingerprint density at radius 1 is 1.25 bits per heavy atom. The molecule has 0 radical (unpaired) electrons. The SMILES string of the molecule is Cc1c(C(=O)Nc2nc3ccccc3n2C)cnn1C. The average molecular weight is 269 g/mol. The number of nitrogens with one attached hydrogen (secondary N) is 1. The van der Waals surface area contributed by atoms with Crippen LogP contribution in [0.5, 0.6) is 0 Å². The summed E-state index contributed by atoms with van der Waals surface area (Å²) in [5, 5.41) is 6.90. The van der Waals surface area contributed by atoms with Gasteiger partial charge in [0.15, 0.2) is 0 Å². The lowest BCUT2D eigenvalue weighted by atomic mass is 10.2. The smallest absolute Gasteiger partial charge is 0.261 e. The molecule has 2 aromatic heterocycles. The van der Waals surface area contributed by atoms with Crippen LogP contribution in [0.3, 0.4) is 0 Å². The highest BCUT2D eigenvalue weighted by molar-refractivity contribution is 6.04. The zero-order valence-corrected chi connectivity index (χ0v) is 11.6. The molecule has 6 nitrogen and oxygen atoms in total. The molecule has 20 heavy (non-hydrogen) atoms. The number of aryl methyl sites for hydroxylation is 2. The molecular weight excluding hydrogens is 254 g/mol. The van der Waals surface area contributed by atoms with Crippen LogP contribution in [-0.2, 0) is 14.1 Å². The Morgan fingerprint density at radius 3 is 2.65 bits per heavy atom. The van der Waals surface area contributed by atoms with Crippen molar-refractivity contribution in [3.63, 3.8) is 0 Å². The minimum atomic E-state index is -0.200. The first-order valence-electron chi connectivity index (χ1n) is 6.29. The summed E-state index contributed by atoms with van der Waals surface area (Å²) in [7, 11) is 3.68. The minimum Gasteiger partial charge on any atom is -0.313 e. The first-order valence-corrected chi connectivity index (χ1v) is 6.29. The number of benzene rings is 1. The molecule has 3 rings (SSSR count). The van der Waals surface area contributed by atoms with Gasteiger partial charge >= 0.3 is 0 Å². The van der Waals surface area contributed by atoms with Gasteiger partial charge in [-0.1, -0.05) is 12.1 Å². The fraction of sp³-hybridized carbons (Fsp3) is 0.214. The van der Waals surface area contributed by atoms with Crippen LogP contribution in [0.25, 0.3) is 11.0 Å². The van der Waals surface area contributed by atoms with Crippen LogP contribution < -0.4 is 5.32 Å². The van der Waals surface area contributed by atoms with E-state index in [9.17, 15) is 4.79 Å². The van der Waals surface area contributed by atoms with Gasteiger partial charge < -0.3 is 4.57 Å². The highest BCUT2D eigenvalue weighted by Crippen LogP contribution is 2.18. The molecule has 0 atom stereocenters. The number of fused-ring (bicyclic) bond motifs is 1. The number of amides is 1. The van der Waals surface area contributed by atoms with Crippen molar-refractivity contribution < 1.29 is 4.79 Å². The molecule has 1 aromatic carbocycles. The largest absolute Gasteiger partial charge is 0.313 e. The van der Waals surface area contributed by atoms with Gasteiger partial charge in [0.05, 0.1) is 22.8 Å². The molecule has 3 aromatic rings. The van der Waals surface area contributed by atoms with Crippen LogP contribution >= 0.6 is 0 Å². The predicted octanol–water partition coefficient (Wildman–Crippen LogP) is 1.87. The molecule has 102 valence electrons. The van der Waals surface area contributed by atoms with E-state index in [1.807, 2.05) is 42.8 Å². The number of hydrogen-bond donors (Lipinski definition) is 1. The van der Waals surface area contributed by atoms with Crippen molar-refractivity contribution in [1.29, 1.82) is 0 Å². The number of para-hydroxylation sites is 2. The van der Waals surface area contributed by atoms with E-state index >= 15 is 0 Å². The van der Waals surface area contributed by atoms with Crippen LogP contribution in [0, 0.1) is 6.92 Å². The second-order valence-electron chi connectivity index (χ2n) is 4.70. The van der Waals surface area contributed by atoms with Gasteiger partial charge in [0.25, 0.3) is 5.91 Å². The standard InChI is InChI=1S/C14H15N5O/c1-9-10(8-15-19(9)3)13(20)17-14-16-11-6-4-5-7-12(11)18(14)2/h4-8H,1-3H3,(H,16,17,20). The number of rotatable bonds is 2. The lowest BCUT2D eigenvalue weighted by Gasteiger charge is -2.04. The van der Waals surface area contributed by atoms with Gasteiger partial charge in [0, 0.05) is 19.8 Å². The third-order valence-corrected chi connectivity index (χ3v) is 3.49. The predicted molar refractivity (Wildman–Crippen MR) is 76.6 cm³/mol. The molecule has 0 saturated heterocycles. The zero-order chi connectivity index (χ0) is 14.3. The van der Waals surface area contributed by atoms with Gasteiger partial charge in [-0.15, -0.1) is 0 Å². The third kappa shape index (κ3) is 1.85. The van der Waals surface area contributed by atoms with Gasteiger partial charge in [0.1, 0.15) is 0 Å². The molecular formula is C14H15N5O. The summed E-state index contributed by atoms with van der Waals surface area (Å²) in [6, 6.07) is 7.75. The van der Waals surface area contributed by atoms with Crippen molar-refractivity contribution in [2.75, 3.05) is 5.32 Å². The molecule has 6 heteroatoms. The van der Waals surface area contributed by atoms with Gasteiger partial charge in [-0.05, 0) is 19.1 Å². The Kier molecular flexibility index (Phi) is 2.78. The summed E-state index contributed by atoms with van der Waals surface area (Å²) in [6.07, 6.45) is 1.56. The monoisotopic (exact) mass is 269 g/mol. The summed E-state index contributed by atoms with van der Waals surface area (Å²) in [5.41, 5.74) is 3.21. The van der Waals surface area contributed by atoms with E-state index < -0.39 is 0 Å². The summed E-state index contributed by atoms with van der Waals surface area (Å²) in [5.74, 6) is 0.327. The van der Waals surface area contributed by atoms with Crippen molar-refractivity contribution in [3.05, 3.63) is 41.7 Å². The number of carbonyl (C=O) groups excluding carboxylic acids is 1. The van der Waals surface area contributed by atoms with E-state index in [1.54, 1.807) is 17.9 Å². The second kappa shape index (κ2) is 4.48. The van der Waals surface area contributed by atoms with Crippen molar-refractivity contribution >= 4 is 22.9 Å². The number of anilines is 1. The minimum absolute atomic E-state index is 0.200. The van der Waals surface area contributed by atoms with E-state index in [1.165, 1.54) is 0 Å². The van der Waals surface area contributed by atoms with E-state index in [2.05, 4.69) is 15.4 Å². The van der Waals surface area contributed by atoms with Gasteiger partial charge in [0.2, 0.25) is 5.95 Å². The van der Waals surface area contributed by atoms with Crippen molar-refractivity contribution in [3.8, 4) is 0 Å². The van der Waals surface area contributed by atoms with E-state index in [-0.39, 0.29) is 5.91 Å². The van der Waals surface area contributed by atoms with Crippen molar-refractivity contribution in [1.82, 2.24) is 19.3 Å².